The van der Waals surface area contributed by atoms with Gasteiger partial charge in [0.1, 0.15) is 6.33 Å². The Balaban J connectivity index is 1.41. The Hall–Kier alpha value is -2.27. The number of hydrogen-bond donors (Lipinski definition) is 0. The van der Waals surface area contributed by atoms with E-state index in [1.807, 2.05) is 32.7 Å². The second-order valence-electron chi connectivity index (χ2n) is 8.78. The molecule has 1 saturated carbocycles. The van der Waals surface area contributed by atoms with Crippen molar-refractivity contribution in [3.05, 3.63) is 54.6 Å². The third-order valence-electron chi connectivity index (χ3n) is 6.85. The molecule has 3 amide bonds. The molecule has 176 valence electrons. The predicted octanol–water partition coefficient (Wildman–Crippen LogP) is 4.03. The number of amides is 3. The van der Waals surface area contributed by atoms with Crippen LogP contribution in [0.3, 0.4) is 0 Å². The molecular formula is C24H30IN5O3. The van der Waals surface area contributed by atoms with Crippen LogP contribution in [0.2, 0.25) is 0 Å². The first-order chi connectivity index (χ1) is 16.0. The maximum atomic E-state index is 13.3. The average Bonchev–Trinajstić information content (AvgIpc) is 3.12. The van der Waals surface area contributed by atoms with Crippen molar-refractivity contribution in [2.24, 2.45) is 0 Å². The van der Waals surface area contributed by atoms with Gasteiger partial charge in [-0.2, -0.15) is 0 Å². The van der Waals surface area contributed by atoms with E-state index >= 15 is 0 Å². The van der Waals surface area contributed by atoms with E-state index in [0.29, 0.717) is 37.8 Å². The number of hydrogen-bond acceptors (Lipinski definition) is 5. The SMILES string of the molecule is COCCN1C(=O)N(CCC(=O)N(I)c2cncnc2)CC12CCC(c1ccccc1)CC2. The molecule has 0 radical (unpaired) electrons. The molecule has 2 fully saturated rings. The van der Waals surface area contributed by atoms with Crippen LogP contribution in [0.1, 0.15) is 43.6 Å². The van der Waals surface area contributed by atoms with Crippen LogP contribution in [-0.2, 0) is 9.53 Å². The van der Waals surface area contributed by atoms with Gasteiger partial charge in [-0.15, -0.1) is 0 Å². The summed E-state index contributed by atoms with van der Waals surface area (Å²) in [4.78, 5) is 37.9. The number of carbonyl (C=O) groups is 2. The van der Waals surface area contributed by atoms with E-state index in [1.54, 1.807) is 19.5 Å². The molecule has 1 saturated heterocycles. The monoisotopic (exact) mass is 563 g/mol. The molecule has 8 nitrogen and oxygen atoms in total. The van der Waals surface area contributed by atoms with Gasteiger partial charge in [0.25, 0.3) is 0 Å². The first-order valence-corrected chi connectivity index (χ1v) is 12.3. The summed E-state index contributed by atoms with van der Waals surface area (Å²) in [5.41, 5.74) is 1.84. The first kappa shape index (κ1) is 23.9. The van der Waals surface area contributed by atoms with Gasteiger partial charge in [-0.25, -0.2) is 17.9 Å². The smallest absolute Gasteiger partial charge is 0.320 e. The normalized spacial score (nSPS) is 22.7. The van der Waals surface area contributed by atoms with E-state index < -0.39 is 0 Å². The predicted molar refractivity (Wildman–Crippen MR) is 134 cm³/mol. The van der Waals surface area contributed by atoms with Gasteiger partial charge in [0.2, 0.25) is 5.91 Å². The van der Waals surface area contributed by atoms with Crippen molar-refractivity contribution in [3.63, 3.8) is 0 Å². The molecule has 0 atom stereocenters. The van der Waals surface area contributed by atoms with Crippen molar-refractivity contribution in [1.82, 2.24) is 19.8 Å². The van der Waals surface area contributed by atoms with Crippen molar-refractivity contribution in [3.8, 4) is 0 Å². The largest absolute Gasteiger partial charge is 0.383 e. The highest BCUT2D eigenvalue weighted by Crippen LogP contribution is 2.44. The maximum Gasteiger partial charge on any atom is 0.320 e. The Morgan fingerprint density at radius 1 is 1.18 bits per heavy atom. The molecule has 0 unspecified atom stereocenters. The molecule has 1 spiro atoms. The number of anilines is 1. The lowest BCUT2D eigenvalue weighted by Crippen LogP contribution is -2.50. The van der Waals surface area contributed by atoms with Crippen LogP contribution in [0.5, 0.6) is 0 Å². The lowest BCUT2D eigenvalue weighted by Gasteiger charge is -2.42. The van der Waals surface area contributed by atoms with Crippen LogP contribution in [0.15, 0.2) is 49.1 Å². The highest BCUT2D eigenvalue weighted by Gasteiger charge is 2.50. The van der Waals surface area contributed by atoms with Crippen LogP contribution in [-0.4, -0.2) is 70.6 Å². The summed E-state index contributed by atoms with van der Waals surface area (Å²) in [6.45, 7) is 2.16. The molecule has 1 aromatic heterocycles. The second-order valence-corrected chi connectivity index (χ2v) is 9.74. The zero-order valence-electron chi connectivity index (χ0n) is 18.9. The quantitative estimate of drug-likeness (QED) is 0.358. The van der Waals surface area contributed by atoms with Gasteiger partial charge in [0.05, 0.1) is 53.1 Å². The molecule has 1 aliphatic heterocycles. The van der Waals surface area contributed by atoms with Crippen LogP contribution >= 0.6 is 22.9 Å². The summed E-state index contributed by atoms with van der Waals surface area (Å²) in [5.74, 6) is 0.461. The number of ether oxygens (including phenoxy) is 1. The highest BCUT2D eigenvalue weighted by atomic mass is 127. The lowest BCUT2D eigenvalue weighted by atomic mass is 9.73. The molecule has 2 heterocycles. The summed E-state index contributed by atoms with van der Waals surface area (Å²) in [5, 5.41) is 0. The van der Waals surface area contributed by atoms with Gasteiger partial charge in [-0.3, -0.25) is 4.79 Å². The number of rotatable bonds is 8. The van der Waals surface area contributed by atoms with Crippen LogP contribution in [0.25, 0.3) is 0 Å². The molecule has 0 bridgehead atoms. The summed E-state index contributed by atoms with van der Waals surface area (Å²) in [6.07, 6.45) is 8.94. The van der Waals surface area contributed by atoms with Gasteiger partial charge >= 0.3 is 6.03 Å². The minimum absolute atomic E-state index is 0.0149. The third kappa shape index (κ3) is 5.29. The number of nitrogens with zero attached hydrogens (tertiary/aromatic N) is 5. The van der Waals surface area contributed by atoms with E-state index in [9.17, 15) is 9.59 Å². The molecule has 2 aliphatic rings. The third-order valence-corrected chi connectivity index (χ3v) is 7.95. The number of halogens is 1. The van der Waals surface area contributed by atoms with E-state index in [1.165, 1.54) is 15.0 Å². The molecule has 9 heteroatoms. The summed E-state index contributed by atoms with van der Waals surface area (Å²) in [6, 6.07) is 10.7. The summed E-state index contributed by atoms with van der Waals surface area (Å²) < 4.78 is 6.82. The van der Waals surface area contributed by atoms with Gasteiger partial charge in [0.15, 0.2) is 0 Å². The first-order valence-electron chi connectivity index (χ1n) is 11.4. The van der Waals surface area contributed by atoms with Gasteiger partial charge in [-0.05, 0) is 37.2 Å². The van der Waals surface area contributed by atoms with Gasteiger partial charge < -0.3 is 14.5 Å². The number of aromatic nitrogens is 2. The molecule has 0 N–H and O–H groups in total. The van der Waals surface area contributed by atoms with Crippen LogP contribution < -0.4 is 3.11 Å². The molecule has 2 aromatic rings. The van der Waals surface area contributed by atoms with Crippen molar-refractivity contribution in [2.75, 3.05) is 36.5 Å². The molecular weight excluding hydrogens is 533 g/mol. The van der Waals surface area contributed by atoms with E-state index in [4.69, 9.17) is 4.74 Å². The molecule has 1 aromatic carbocycles. The summed E-state index contributed by atoms with van der Waals surface area (Å²) >= 11 is 1.97. The average molecular weight is 563 g/mol. The number of benzene rings is 1. The second kappa shape index (κ2) is 10.8. The fourth-order valence-electron chi connectivity index (χ4n) is 5.08. The molecule has 1 aliphatic carbocycles. The van der Waals surface area contributed by atoms with Crippen molar-refractivity contribution in [1.29, 1.82) is 0 Å². The summed E-state index contributed by atoms with van der Waals surface area (Å²) in [7, 11) is 1.66. The fourth-order valence-corrected chi connectivity index (χ4v) is 5.57. The Kier molecular flexibility index (Phi) is 7.79. The maximum absolute atomic E-state index is 13.3. The lowest BCUT2D eigenvalue weighted by molar-refractivity contribution is -0.117. The number of urea groups is 1. The zero-order valence-corrected chi connectivity index (χ0v) is 21.1. The minimum atomic E-state index is -0.179. The Morgan fingerprint density at radius 2 is 1.88 bits per heavy atom. The van der Waals surface area contributed by atoms with Gasteiger partial charge in [0, 0.05) is 33.2 Å². The van der Waals surface area contributed by atoms with E-state index in [0.717, 1.165) is 25.7 Å². The number of carbonyl (C=O) groups excluding carboxylic acids is 2. The van der Waals surface area contributed by atoms with E-state index in [-0.39, 0.29) is 23.9 Å². The Morgan fingerprint density at radius 3 is 2.55 bits per heavy atom. The highest BCUT2D eigenvalue weighted by molar-refractivity contribution is 14.1. The zero-order chi connectivity index (χ0) is 23.3. The Bertz CT molecular complexity index is 938. The van der Waals surface area contributed by atoms with Crippen molar-refractivity contribution < 1.29 is 14.3 Å². The van der Waals surface area contributed by atoms with Crippen LogP contribution in [0.4, 0.5) is 10.5 Å². The molecule has 33 heavy (non-hydrogen) atoms. The standard InChI is InChI=1S/C24H30IN5O3/c1-33-14-13-29-23(32)28(12-9-22(31)30(25)21-15-26-18-27-16-21)17-24(29)10-7-20(8-11-24)19-5-3-2-4-6-19/h2-6,15-16,18,20H,7-14,17H2,1H3. The fraction of sp³-hybridized carbons (Fsp3) is 0.500. The Labute approximate surface area is 208 Å². The minimum Gasteiger partial charge on any atom is -0.383 e. The van der Waals surface area contributed by atoms with Crippen LogP contribution in [0, 0.1) is 0 Å². The topological polar surface area (TPSA) is 78.9 Å². The molecule has 4 rings (SSSR count). The van der Waals surface area contributed by atoms with E-state index in [2.05, 4.69) is 40.3 Å². The van der Waals surface area contributed by atoms with Gasteiger partial charge in [-0.1, -0.05) is 30.3 Å². The van der Waals surface area contributed by atoms with Crippen molar-refractivity contribution >= 4 is 40.5 Å². The van der Waals surface area contributed by atoms with Crippen molar-refractivity contribution in [2.45, 2.75) is 43.6 Å². The number of methoxy groups -OCH3 is 1.